The number of rotatable bonds is 7. The average Bonchev–Trinajstić information content (AvgIpc) is 3.24. The molecule has 3 rings (SSSR count). The van der Waals surface area contributed by atoms with Crippen LogP contribution in [0.4, 0.5) is 4.79 Å². The van der Waals surface area contributed by atoms with E-state index in [1.54, 1.807) is 16.2 Å². The highest BCUT2D eigenvalue weighted by molar-refractivity contribution is 7.09. The molecular weight excluding hydrogens is 358 g/mol. The molecule has 1 fully saturated rings. The highest BCUT2D eigenvalue weighted by Gasteiger charge is 2.28. The van der Waals surface area contributed by atoms with E-state index in [4.69, 9.17) is 0 Å². The van der Waals surface area contributed by atoms with Crippen LogP contribution < -0.4 is 10.6 Å². The van der Waals surface area contributed by atoms with E-state index in [-0.39, 0.29) is 17.9 Å². The molecule has 1 atom stereocenters. The van der Waals surface area contributed by atoms with Gasteiger partial charge >= 0.3 is 6.03 Å². The lowest BCUT2D eigenvalue weighted by Gasteiger charge is -2.32. The summed E-state index contributed by atoms with van der Waals surface area (Å²) in [4.78, 5) is 27.7. The number of benzene rings is 1. The van der Waals surface area contributed by atoms with Crippen LogP contribution in [0.5, 0.6) is 0 Å². The number of thiophene rings is 1. The van der Waals surface area contributed by atoms with E-state index in [1.165, 1.54) is 5.56 Å². The average molecular weight is 386 g/mol. The van der Waals surface area contributed by atoms with Crippen molar-refractivity contribution >= 4 is 23.3 Å². The number of amides is 3. The molecule has 1 aliphatic rings. The first-order valence-electron chi connectivity index (χ1n) is 9.59. The third-order valence-corrected chi connectivity index (χ3v) is 5.73. The van der Waals surface area contributed by atoms with Crippen molar-refractivity contribution in [2.24, 2.45) is 5.92 Å². The predicted molar refractivity (Wildman–Crippen MR) is 109 cm³/mol. The summed E-state index contributed by atoms with van der Waals surface area (Å²) in [6.07, 6.45) is 3.60. The maximum Gasteiger partial charge on any atom is 0.317 e. The van der Waals surface area contributed by atoms with Gasteiger partial charge in [0.15, 0.2) is 0 Å². The summed E-state index contributed by atoms with van der Waals surface area (Å²) < 4.78 is 0. The Morgan fingerprint density at radius 3 is 2.74 bits per heavy atom. The normalized spacial score (nSPS) is 16.7. The fraction of sp³-hybridized carbons (Fsp3) is 0.429. The number of carbonyl (C=O) groups is 2. The van der Waals surface area contributed by atoms with Gasteiger partial charge in [0.2, 0.25) is 5.91 Å². The lowest BCUT2D eigenvalue weighted by Crippen LogP contribution is -2.48. The van der Waals surface area contributed by atoms with E-state index in [9.17, 15) is 9.59 Å². The number of carbonyl (C=O) groups excluding carboxylic acids is 2. The van der Waals surface area contributed by atoms with E-state index in [2.05, 4.69) is 22.8 Å². The van der Waals surface area contributed by atoms with E-state index < -0.39 is 0 Å². The molecular formula is C21H27N3O2S. The highest BCUT2D eigenvalue weighted by Crippen LogP contribution is 2.17. The van der Waals surface area contributed by atoms with Gasteiger partial charge in [0.05, 0.1) is 12.5 Å². The van der Waals surface area contributed by atoms with Crippen LogP contribution in [0, 0.1) is 5.92 Å². The smallest absolute Gasteiger partial charge is 0.317 e. The van der Waals surface area contributed by atoms with Gasteiger partial charge in [-0.2, -0.15) is 0 Å². The van der Waals surface area contributed by atoms with Gasteiger partial charge in [-0.05, 0) is 42.7 Å². The van der Waals surface area contributed by atoms with Gasteiger partial charge in [-0.15, -0.1) is 11.3 Å². The maximum atomic E-state index is 12.5. The van der Waals surface area contributed by atoms with E-state index in [0.29, 0.717) is 26.2 Å². The third kappa shape index (κ3) is 6.10. The first-order chi connectivity index (χ1) is 13.2. The van der Waals surface area contributed by atoms with Crippen molar-refractivity contribution in [3.8, 4) is 0 Å². The summed E-state index contributed by atoms with van der Waals surface area (Å²) in [6, 6.07) is 14.2. The van der Waals surface area contributed by atoms with Crippen LogP contribution in [-0.2, 0) is 17.8 Å². The minimum atomic E-state index is -0.108. The first kappa shape index (κ1) is 19.4. The van der Waals surface area contributed by atoms with Crippen molar-refractivity contribution in [2.45, 2.75) is 32.2 Å². The Morgan fingerprint density at radius 1 is 1.11 bits per heavy atom. The summed E-state index contributed by atoms with van der Waals surface area (Å²) >= 11 is 1.63. The van der Waals surface area contributed by atoms with Crippen molar-refractivity contribution in [3.63, 3.8) is 0 Å². The largest absolute Gasteiger partial charge is 0.356 e. The van der Waals surface area contributed by atoms with Gasteiger partial charge in [-0.25, -0.2) is 4.79 Å². The third-order valence-electron chi connectivity index (χ3n) is 4.86. The second-order valence-corrected chi connectivity index (χ2v) is 7.94. The quantitative estimate of drug-likeness (QED) is 0.718. The summed E-state index contributed by atoms with van der Waals surface area (Å²) in [5.41, 5.74) is 1.29. The monoisotopic (exact) mass is 385 g/mol. The number of nitrogens with one attached hydrogen (secondary N) is 2. The molecule has 2 heterocycles. The number of urea groups is 1. The molecule has 27 heavy (non-hydrogen) atoms. The van der Waals surface area contributed by atoms with Gasteiger partial charge in [-0.1, -0.05) is 36.4 Å². The zero-order valence-corrected chi connectivity index (χ0v) is 16.3. The molecule has 2 N–H and O–H groups in total. The predicted octanol–water partition coefficient (Wildman–Crippen LogP) is 3.42. The van der Waals surface area contributed by atoms with Gasteiger partial charge in [-0.3, -0.25) is 4.79 Å². The number of likely N-dealkylation sites (tertiary alicyclic amines) is 1. The fourth-order valence-electron chi connectivity index (χ4n) is 3.36. The van der Waals surface area contributed by atoms with Gasteiger partial charge in [0, 0.05) is 24.5 Å². The first-order valence-corrected chi connectivity index (χ1v) is 10.5. The van der Waals surface area contributed by atoms with Crippen LogP contribution in [0.2, 0.25) is 0 Å². The maximum absolute atomic E-state index is 12.5. The molecule has 0 spiro atoms. The summed E-state index contributed by atoms with van der Waals surface area (Å²) in [6.45, 7) is 2.44. The molecule has 2 aromatic rings. The lowest BCUT2D eigenvalue weighted by molar-refractivity contribution is -0.126. The highest BCUT2D eigenvalue weighted by atomic mass is 32.1. The van der Waals surface area contributed by atoms with Crippen LogP contribution in [0.1, 0.15) is 29.7 Å². The van der Waals surface area contributed by atoms with Crippen molar-refractivity contribution in [3.05, 3.63) is 58.3 Å². The van der Waals surface area contributed by atoms with Crippen LogP contribution in [0.15, 0.2) is 47.8 Å². The fourth-order valence-corrected chi connectivity index (χ4v) is 4.00. The molecule has 0 bridgehead atoms. The van der Waals surface area contributed by atoms with Gasteiger partial charge in [0.1, 0.15) is 0 Å². The van der Waals surface area contributed by atoms with Crippen LogP contribution >= 0.6 is 11.3 Å². The molecule has 6 heteroatoms. The molecule has 1 unspecified atom stereocenters. The van der Waals surface area contributed by atoms with E-state index in [0.717, 1.165) is 30.6 Å². The molecule has 0 aliphatic carbocycles. The standard InChI is InChI=1S/C21H27N3O2S/c25-20(22-12-4-9-17-7-2-1-3-8-17)18-10-5-13-24(16-18)21(26)23-15-19-11-6-14-27-19/h1-3,6-8,11,14,18H,4-5,9-10,12-13,15-16H2,(H,22,25)(H,23,26). The minimum Gasteiger partial charge on any atom is -0.356 e. The molecule has 1 aromatic heterocycles. The number of piperidine rings is 1. The Hall–Kier alpha value is -2.34. The minimum absolute atomic E-state index is 0.0684. The molecule has 3 amide bonds. The zero-order chi connectivity index (χ0) is 18.9. The van der Waals surface area contributed by atoms with Crippen LogP contribution in [0.3, 0.4) is 0 Å². The number of aryl methyl sites for hydroxylation is 1. The summed E-state index contributed by atoms with van der Waals surface area (Å²) in [5, 5.41) is 7.99. The summed E-state index contributed by atoms with van der Waals surface area (Å²) in [7, 11) is 0. The summed E-state index contributed by atoms with van der Waals surface area (Å²) in [5.74, 6) is -0.0400. The topological polar surface area (TPSA) is 61.4 Å². The van der Waals surface area contributed by atoms with Crippen molar-refractivity contribution < 1.29 is 9.59 Å². The molecule has 0 saturated carbocycles. The molecule has 1 aliphatic heterocycles. The van der Waals surface area contributed by atoms with E-state index >= 15 is 0 Å². The van der Waals surface area contributed by atoms with E-state index in [1.807, 2.05) is 35.7 Å². The molecule has 1 aromatic carbocycles. The van der Waals surface area contributed by atoms with Crippen LogP contribution in [0.25, 0.3) is 0 Å². The van der Waals surface area contributed by atoms with Crippen molar-refractivity contribution in [1.82, 2.24) is 15.5 Å². The second kappa shape index (κ2) is 10.1. The number of hydrogen-bond acceptors (Lipinski definition) is 3. The SMILES string of the molecule is O=C(NCCCc1ccccc1)C1CCCN(C(=O)NCc2cccs2)C1. The Kier molecular flexibility index (Phi) is 7.27. The lowest BCUT2D eigenvalue weighted by atomic mass is 9.97. The van der Waals surface area contributed by atoms with Gasteiger partial charge < -0.3 is 15.5 Å². The molecule has 0 radical (unpaired) electrons. The Labute approximate surface area is 164 Å². The number of hydrogen-bond donors (Lipinski definition) is 2. The van der Waals surface area contributed by atoms with Crippen molar-refractivity contribution in [1.29, 1.82) is 0 Å². The van der Waals surface area contributed by atoms with Crippen LogP contribution in [-0.4, -0.2) is 36.5 Å². The molecule has 144 valence electrons. The molecule has 1 saturated heterocycles. The van der Waals surface area contributed by atoms with Gasteiger partial charge in [0.25, 0.3) is 0 Å². The van der Waals surface area contributed by atoms with Crippen molar-refractivity contribution in [2.75, 3.05) is 19.6 Å². The molecule has 5 nitrogen and oxygen atoms in total. The Balaban J connectivity index is 1.37. The zero-order valence-electron chi connectivity index (χ0n) is 15.5. The number of nitrogens with zero attached hydrogens (tertiary/aromatic N) is 1. The second-order valence-electron chi connectivity index (χ2n) is 6.90. The Morgan fingerprint density at radius 2 is 1.96 bits per heavy atom. The Bertz CT molecular complexity index is 718.